The normalized spacial score (nSPS) is 10.8. The molecule has 2 aromatic heterocycles. The molecule has 1 amide bonds. The molecule has 0 atom stereocenters. The number of thiophene rings is 1. The van der Waals surface area contributed by atoms with E-state index < -0.39 is 0 Å². The van der Waals surface area contributed by atoms with Crippen LogP contribution in [-0.2, 0) is 0 Å². The van der Waals surface area contributed by atoms with Gasteiger partial charge in [0.25, 0.3) is 0 Å². The molecule has 0 fully saturated rings. The van der Waals surface area contributed by atoms with Crippen LogP contribution in [0.25, 0.3) is 0 Å². The fourth-order valence-electron chi connectivity index (χ4n) is 1.01. The van der Waals surface area contributed by atoms with E-state index >= 15 is 0 Å². The molecule has 2 heterocycles. The monoisotopic (exact) mass is 298 g/mol. The molecule has 4 nitrogen and oxygen atoms in total. The standard InChI is InChI=1S/C10H7BrN2O2S/c11-9-2-1-8(15-9)10(14)13-12-5-7-3-4-16-6-7/h1-6H,(H,13,14). The van der Waals surface area contributed by atoms with Gasteiger partial charge in [0, 0.05) is 5.56 Å². The average Bonchev–Trinajstić information content (AvgIpc) is 2.89. The molecule has 0 saturated carbocycles. The van der Waals surface area contributed by atoms with Crippen LogP contribution in [-0.4, -0.2) is 12.1 Å². The maximum atomic E-state index is 11.4. The summed E-state index contributed by atoms with van der Waals surface area (Å²) in [5.41, 5.74) is 3.32. The highest BCUT2D eigenvalue weighted by atomic mass is 79.9. The maximum Gasteiger partial charge on any atom is 0.307 e. The summed E-state index contributed by atoms with van der Waals surface area (Å²) in [4.78, 5) is 11.4. The lowest BCUT2D eigenvalue weighted by molar-refractivity contribution is 0.0926. The van der Waals surface area contributed by atoms with Gasteiger partial charge in [-0.05, 0) is 44.9 Å². The van der Waals surface area contributed by atoms with E-state index in [1.54, 1.807) is 29.7 Å². The smallest absolute Gasteiger partial charge is 0.307 e. The fourth-order valence-corrected chi connectivity index (χ4v) is 1.92. The van der Waals surface area contributed by atoms with E-state index in [0.717, 1.165) is 5.56 Å². The van der Waals surface area contributed by atoms with E-state index in [4.69, 9.17) is 4.42 Å². The Morgan fingerprint density at radius 2 is 2.38 bits per heavy atom. The SMILES string of the molecule is O=C(NN=Cc1ccsc1)c1ccc(Br)o1. The van der Waals surface area contributed by atoms with E-state index in [2.05, 4.69) is 26.5 Å². The van der Waals surface area contributed by atoms with Crippen molar-refractivity contribution in [2.75, 3.05) is 0 Å². The summed E-state index contributed by atoms with van der Waals surface area (Å²) in [6.07, 6.45) is 1.58. The van der Waals surface area contributed by atoms with Gasteiger partial charge in [-0.2, -0.15) is 16.4 Å². The predicted molar refractivity (Wildman–Crippen MR) is 65.8 cm³/mol. The van der Waals surface area contributed by atoms with E-state index in [1.165, 1.54) is 0 Å². The van der Waals surface area contributed by atoms with Crippen LogP contribution < -0.4 is 5.43 Å². The van der Waals surface area contributed by atoms with Crippen LogP contribution in [0.1, 0.15) is 16.1 Å². The number of furan rings is 1. The van der Waals surface area contributed by atoms with Crippen molar-refractivity contribution in [3.8, 4) is 0 Å². The molecule has 16 heavy (non-hydrogen) atoms. The lowest BCUT2D eigenvalue weighted by atomic mass is 10.4. The summed E-state index contributed by atoms with van der Waals surface area (Å²) in [6, 6.07) is 5.13. The number of amides is 1. The first-order valence-corrected chi connectivity index (χ1v) is 6.10. The van der Waals surface area contributed by atoms with E-state index in [0.29, 0.717) is 4.67 Å². The van der Waals surface area contributed by atoms with Gasteiger partial charge in [0.1, 0.15) is 0 Å². The Kier molecular flexibility index (Phi) is 3.53. The Labute approximate surface area is 104 Å². The predicted octanol–water partition coefficient (Wildman–Crippen LogP) is 2.87. The van der Waals surface area contributed by atoms with Gasteiger partial charge in [0.2, 0.25) is 0 Å². The molecule has 1 N–H and O–H groups in total. The largest absolute Gasteiger partial charge is 0.444 e. The zero-order valence-corrected chi connectivity index (χ0v) is 10.4. The minimum absolute atomic E-state index is 0.217. The van der Waals surface area contributed by atoms with Gasteiger partial charge in [-0.15, -0.1) is 0 Å². The van der Waals surface area contributed by atoms with Gasteiger partial charge >= 0.3 is 5.91 Å². The molecule has 82 valence electrons. The first-order valence-electron chi connectivity index (χ1n) is 4.36. The third-order valence-corrected chi connectivity index (χ3v) is 2.85. The molecule has 0 saturated heterocycles. The Morgan fingerprint density at radius 3 is 3.00 bits per heavy atom. The quantitative estimate of drug-likeness (QED) is 0.700. The van der Waals surface area contributed by atoms with Gasteiger partial charge in [0.15, 0.2) is 10.4 Å². The van der Waals surface area contributed by atoms with Crippen LogP contribution in [0.4, 0.5) is 0 Å². The van der Waals surface area contributed by atoms with E-state index in [1.807, 2.05) is 16.8 Å². The van der Waals surface area contributed by atoms with E-state index in [-0.39, 0.29) is 11.7 Å². The second-order valence-corrected chi connectivity index (χ2v) is 4.42. The van der Waals surface area contributed by atoms with Crippen molar-refractivity contribution < 1.29 is 9.21 Å². The van der Waals surface area contributed by atoms with Crippen LogP contribution in [0.2, 0.25) is 0 Å². The maximum absolute atomic E-state index is 11.4. The molecule has 2 aromatic rings. The molecule has 0 aliphatic carbocycles. The number of nitrogens with zero attached hydrogens (tertiary/aromatic N) is 1. The van der Waals surface area contributed by atoms with Crippen molar-refractivity contribution >= 4 is 39.4 Å². The van der Waals surface area contributed by atoms with Gasteiger partial charge in [-0.25, -0.2) is 5.43 Å². The second-order valence-electron chi connectivity index (χ2n) is 2.86. The number of hydrogen-bond acceptors (Lipinski definition) is 4. The van der Waals surface area contributed by atoms with Crippen molar-refractivity contribution in [1.29, 1.82) is 0 Å². The molecular formula is C10H7BrN2O2S. The highest BCUT2D eigenvalue weighted by Crippen LogP contribution is 2.13. The molecule has 0 radical (unpaired) electrons. The number of hydrogen-bond donors (Lipinski definition) is 1. The molecule has 0 bridgehead atoms. The molecule has 0 aromatic carbocycles. The summed E-state index contributed by atoms with van der Waals surface area (Å²) >= 11 is 4.69. The van der Waals surface area contributed by atoms with Crippen LogP contribution >= 0.6 is 27.3 Å². The first kappa shape index (κ1) is 11.1. The van der Waals surface area contributed by atoms with Crippen LogP contribution in [0, 0.1) is 0 Å². The van der Waals surface area contributed by atoms with Crippen molar-refractivity contribution in [3.05, 3.63) is 45.0 Å². The highest BCUT2D eigenvalue weighted by Gasteiger charge is 2.08. The lowest BCUT2D eigenvalue weighted by Crippen LogP contribution is -2.16. The number of carbonyl (C=O) groups is 1. The fraction of sp³-hybridized carbons (Fsp3) is 0. The number of hydrazone groups is 1. The van der Waals surface area contributed by atoms with Crippen molar-refractivity contribution in [1.82, 2.24) is 5.43 Å². The molecule has 0 spiro atoms. The summed E-state index contributed by atoms with van der Waals surface area (Å²) in [7, 11) is 0. The number of halogens is 1. The Morgan fingerprint density at radius 1 is 1.50 bits per heavy atom. The van der Waals surface area contributed by atoms with Gasteiger partial charge in [-0.1, -0.05) is 0 Å². The Bertz CT molecular complexity index is 505. The van der Waals surface area contributed by atoms with Crippen LogP contribution in [0.15, 0.2) is 43.1 Å². The van der Waals surface area contributed by atoms with Crippen LogP contribution in [0.5, 0.6) is 0 Å². The summed E-state index contributed by atoms with van der Waals surface area (Å²) in [5.74, 6) is -0.161. The van der Waals surface area contributed by atoms with Crippen molar-refractivity contribution in [2.45, 2.75) is 0 Å². The molecule has 0 aliphatic heterocycles. The summed E-state index contributed by atoms with van der Waals surface area (Å²) in [6.45, 7) is 0. The van der Waals surface area contributed by atoms with Gasteiger partial charge in [0.05, 0.1) is 6.21 Å². The van der Waals surface area contributed by atoms with Crippen LogP contribution in [0.3, 0.4) is 0 Å². The molecule has 0 aliphatic rings. The minimum Gasteiger partial charge on any atom is -0.444 e. The third kappa shape index (κ3) is 2.80. The molecule has 2 rings (SSSR count). The van der Waals surface area contributed by atoms with Crippen molar-refractivity contribution in [3.63, 3.8) is 0 Å². The molecule has 6 heteroatoms. The van der Waals surface area contributed by atoms with Gasteiger partial charge in [-0.3, -0.25) is 4.79 Å². The zero-order chi connectivity index (χ0) is 11.4. The number of nitrogens with one attached hydrogen (secondary N) is 1. The lowest BCUT2D eigenvalue weighted by Gasteiger charge is -1.93. The highest BCUT2D eigenvalue weighted by molar-refractivity contribution is 9.10. The molecule has 0 unspecified atom stereocenters. The van der Waals surface area contributed by atoms with E-state index in [9.17, 15) is 4.79 Å². The number of rotatable bonds is 3. The first-order chi connectivity index (χ1) is 7.75. The van der Waals surface area contributed by atoms with Crippen molar-refractivity contribution in [2.24, 2.45) is 5.10 Å². The Hall–Kier alpha value is -1.40. The summed E-state index contributed by atoms with van der Waals surface area (Å²) in [5, 5.41) is 7.67. The topological polar surface area (TPSA) is 54.6 Å². The average molecular weight is 299 g/mol. The third-order valence-electron chi connectivity index (χ3n) is 1.72. The molecular weight excluding hydrogens is 292 g/mol. The minimum atomic E-state index is -0.378. The second kappa shape index (κ2) is 5.09. The van der Waals surface area contributed by atoms with Gasteiger partial charge < -0.3 is 4.42 Å². The Balaban J connectivity index is 1.94. The zero-order valence-electron chi connectivity index (χ0n) is 8.01. The summed E-state index contributed by atoms with van der Waals surface area (Å²) < 4.78 is 5.58. The number of carbonyl (C=O) groups excluding carboxylic acids is 1.